The van der Waals surface area contributed by atoms with E-state index in [0.29, 0.717) is 5.69 Å². The van der Waals surface area contributed by atoms with Crippen LogP contribution >= 0.6 is 23.5 Å². The van der Waals surface area contributed by atoms with Crippen LogP contribution in [-0.2, 0) is 13.7 Å². The Morgan fingerprint density at radius 1 is 0.857 bits per heavy atom. The van der Waals surface area contributed by atoms with Crippen molar-refractivity contribution in [1.82, 2.24) is 0 Å². The highest BCUT2D eigenvalue weighted by Crippen LogP contribution is 2.61. The number of carbonyl (C=O) groups excluding carboxylic acids is 2. The Hall–Kier alpha value is -2.57. The van der Waals surface area contributed by atoms with Crippen molar-refractivity contribution in [3.05, 3.63) is 102 Å². The number of para-hydroxylation sites is 1. The van der Waals surface area contributed by atoms with Crippen LogP contribution in [0.3, 0.4) is 0 Å². The molecule has 1 amide bonds. The Morgan fingerprint density at radius 3 is 2.00 bits per heavy atom. The third kappa shape index (κ3) is 5.65. The predicted molar refractivity (Wildman–Crippen MR) is 145 cm³/mol. The van der Waals surface area contributed by atoms with Crippen molar-refractivity contribution in [2.24, 2.45) is 11.8 Å². The third-order valence-electron chi connectivity index (χ3n) is 6.27. The minimum Gasteiger partial charge on any atom is -0.325 e. The lowest BCUT2D eigenvalue weighted by Crippen LogP contribution is -2.44. The van der Waals surface area contributed by atoms with E-state index in [1.165, 1.54) is 12.1 Å². The van der Waals surface area contributed by atoms with Crippen molar-refractivity contribution in [3.8, 4) is 0 Å². The van der Waals surface area contributed by atoms with Gasteiger partial charge in [0.1, 0.15) is 17.5 Å². The molecule has 1 fully saturated rings. The zero-order valence-electron chi connectivity index (χ0n) is 19.9. The number of nitrogens with one attached hydrogen (secondary N) is 1. The monoisotopic (exact) mass is 507 g/mol. The van der Waals surface area contributed by atoms with Gasteiger partial charge in [0.15, 0.2) is 0 Å². The van der Waals surface area contributed by atoms with E-state index in [4.69, 9.17) is 0 Å². The highest BCUT2D eigenvalue weighted by Gasteiger charge is 2.52. The Morgan fingerprint density at radius 2 is 1.43 bits per heavy atom. The number of thioether (sulfide) groups is 2. The van der Waals surface area contributed by atoms with Crippen molar-refractivity contribution in [2.75, 3.05) is 16.8 Å². The summed E-state index contributed by atoms with van der Waals surface area (Å²) >= 11 is 3.52. The number of amides is 1. The first-order chi connectivity index (χ1) is 16.9. The number of halogens is 1. The third-order valence-corrected chi connectivity index (χ3v) is 9.80. The topological polar surface area (TPSA) is 46.2 Å². The minimum absolute atomic E-state index is 0.0967. The van der Waals surface area contributed by atoms with Crippen molar-refractivity contribution in [1.29, 1.82) is 0 Å². The van der Waals surface area contributed by atoms with Crippen molar-refractivity contribution in [3.63, 3.8) is 0 Å². The second kappa shape index (κ2) is 11.4. The molecule has 0 bridgehead atoms. The smallest absolute Gasteiger partial charge is 0.235 e. The van der Waals surface area contributed by atoms with E-state index in [1.807, 2.05) is 86.6 Å². The molecule has 1 aliphatic rings. The summed E-state index contributed by atoms with van der Waals surface area (Å²) in [5.74, 6) is -0.590. The number of hydrogen-bond donors (Lipinski definition) is 1. The number of benzene rings is 3. The van der Waals surface area contributed by atoms with Crippen molar-refractivity contribution >= 4 is 40.9 Å². The van der Waals surface area contributed by atoms with E-state index in [9.17, 15) is 14.0 Å². The van der Waals surface area contributed by atoms with Crippen LogP contribution in [0.1, 0.15) is 37.3 Å². The molecule has 0 radical (unpaired) electrons. The standard InChI is InChI=1S/C29H30FNO2S2/c1-20(2)27(32)25(28(33)31-24-12-7-4-8-13-24)26(21-10-5-3-6-11-21)29(34-18-9-19-35-29)22-14-16-23(30)17-15-22/h3-8,10-17,20,25-26H,9,18-19H2,1-2H3,(H,31,33). The number of carbonyl (C=O) groups is 2. The molecule has 3 nitrogen and oxygen atoms in total. The molecule has 182 valence electrons. The Kier molecular flexibility index (Phi) is 8.34. The second-order valence-corrected chi connectivity index (χ2v) is 11.9. The van der Waals surface area contributed by atoms with Crippen LogP contribution in [0.5, 0.6) is 0 Å². The van der Waals surface area contributed by atoms with Crippen LogP contribution in [0.4, 0.5) is 10.1 Å². The lowest BCUT2D eigenvalue weighted by molar-refractivity contribution is -0.134. The lowest BCUT2D eigenvalue weighted by Gasteiger charge is -2.45. The van der Waals surface area contributed by atoms with Gasteiger partial charge < -0.3 is 5.32 Å². The van der Waals surface area contributed by atoms with Gasteiger partial charge in [-0.15, -0.1) is 23.5 Å². The number of anilines is 1. The minimum atomic E-state index is -0.916. The molecule has 1 N–H and O–H groups in total. The van der Waals surface area contributed by atoms with E-state index in [1.54, 1.807) is 23.5 Å². The summed E-state index contributed by atoms with van der Waals surface area (Å²) in [5.41, 5.74) is 2.52. The molecule has 0 aliphatic carbocycles. The van der Waals surface area contributed by atoms with Gasteiger partial charge in [-0.1, -0.05) is 74.5 Å². The maximum Gasteiger partial charge on any atom is 0.235 e. The molecule has 3 aromatic carbocycles. The van der Waals surface area contributed by atoms with Gasteiger partial charge in [-0.2, -0.15) is 0 Å². The van der Waals surface area contributed by atoms with Crippen LogP contribution in [0, 0.1) is 17.7 Å². The van der Waals surface area contributed by atoms with E-state index in [2.05, 4.69) is 5.32 Å². The summed E-state index contributed by atoms with van der Waals surface area (Å²) in [6.45, 7) is 3.69. The molecule has 1 saturated heterocycles. The summed E-state index contributed by atoms with van der Waals surface area (Å²) in [6, 6.07) is 25.7. The van der Waals surface area contributed by atoms with Gasteiger partial charge in [0, 0.05) is 17.5 Å². The molecule has 2 unspecified atom stereocenters. The average Bonchev–Trinajstić information content (AvgIpc) is 2.88. The van der Waals surface area contributed by atoms with Crippen LogP contribution in [-0.4, -0.2) is 23.2 Å². The van der Waals surface area contributed by atoms with E-state index >= 15 is 0 Å². The maximum atomic E-state index is 13.9. The van der Waals surface area contributed by atoms with Gasteiger partial charge in [0.05, 0.1) is 4.08 Å². The highest BCUT2D eigenvalue weighted by molar-refractivity contribution is 8.18. The fourth-order valence-corrected chi connectivity index (χ4v) is 8.30. The van der Waals surface area contributed by atoms with Crippen LogP contribution < -0.4 is 5.32 Å². The molecule has 3 aromatic rings. The molecule has 1 heterocycles. The zero-order valence-corrected chi connectivity index (χ0v) is 21.6. The molecular weight excluding hydrogens is 477 g/mol. The van der Waals surface area contributed by atoms with Gasteiger partial charge in [-0.25, -0.2) is 4.39 Å². The second-order valence-electron chi connectivity index (χ2n) is 9.00. The molecule has 35 heavy (non-hydrogen) atoms. The van der Waals surface area contributed by atoms with E-state index in [0.717, 1.165) is 29.1 Å². The maximum absolute atomic E-state index is 13.9. The Bertz CT molecular complexity index is 1130. The first-order valence-electron chi connectivity index (χ1n) is 11.9. The molecule has 2 atom stereocenters. The quantitative estimate of drug-likeness (QED) is 0.330. The number of rotatable bonds is 8. The van der Waals surface area contributed by atoms with Gasteiger partial charge in [0.25, 0.3) is 0 Å². The Balaban J connectivity index is 1.90. The molecule has 4 rings (SSSR count). The van der Waals surface area contributed by atoms with Crippen LogP contribution in [0.2, 0.25) is 0 Å². The van der Waals surface area contributed by atoms with E-state index < -0.39 is 15.9 Å². The summed E-state index contributed by atoms with van der Waals surface area (Å²) in [6.07, 6.45) is 1.04. The molecule has 1 aliphatic heterocycles. The molecular formula is C29H30FNO2S2. The summed E-state index contributed by atoms with van der Waals surface area (Å²) < 4.78 is 13.3. The lowest BCUT2D eigenvalue weighted by atomic mass is 9.75. The van der Waals surface area contributed by atoms with Gasteiger partial charge in [-0.3, -0.25) is 9.59 Å². The summed E-state index contributed by atoms with van der Waals surface area (Å²) in [7, 11) is 0. The average molecular weight is 508 g/mol. The van der Waals surface area contributed by atoms with Gasteiger partial charge >= 0.3 is 0 Å². The van der Waals surface area contributed by atoms with Gasteiger partial charge in [0.2, 0.25) is 5.91 Å². The fraction of sp³-hybridized carbons (Fsp3) is 0.310. The first kappa shape index (κ1) is 25.5. The van der Waals surface area contributed by atoms with E-state index in [-0.39, 0.29) is 23.4 Å². The molecule has 0 saturated carbocycles. The van der Waals surface area contributed by atoms with Gasteiger partial charge in [-0.05, 0) is 53.3 Å². The Labute approximate surface area is 215 Å². The van der Waals surface area contributed by atoms with Crippen LogP contribution in [0.25, 0.3) is 0 Å². The summed E-state index contributed by atoms with van der Waals surface area (Å²) in [4.78, 5) is 27.8. The predicted octanol–water partition coefficient (Wildman–Crippen LogP) is 7.11. The van der Waals surface area contributed by atoms with Crippen LogP contribution in [0.15, 0.2) is 84.9 Å². The highest BCUT2D eigenvalue weighted by atomic mass is 32.2. The zero-order chi connectivity index (χ0) is 24.8. The first-order valence-corrected chi connectivity index (χ1v) is 13.9. The number of ketones is 1. The molecule has 0 spiro atoms. The number of Topliss-reactive ketones (excluding diaryl/α,β-unsaturated/α-hetero) is 1. The van der Waals surface area contributed by atoms with Crippen molar-refractivity contribution < 1.29 is 14.0 Å². The number of hydrogen-bond acceptors (Lipinski definition) is 4. The normalized spacial score (nSPS) is 16.9. The fourth-order valence-electron chi connectivity index (χ4n) is 4.59. The molecule has 6 heteroatoms. The largest absolute Gasteiger partial charge is 0.325 e. The van der Waals surface area contributed by atoms with Crippen molar-refractivity contribution in [2.45, 2.75) is 30.3 Å². The molecule has 0 aromatic heterocycles. The SMILES string of the molecule is CC(C)C(=O)C(C(=O)Nc1ccccc1)C(c1ccccc1)C1(c2ccc(F)cc2)SCCCS1. The summed E-state index contributed by atoms with van der Waals surface area (Å²) in [5, 5.41) is 3.01.